The van der Waals surface area contributed by atoms with Crippen molar-refractivity contribution >= 4 is 85.7 Å². The number of Topliss-reactive ketones (excluding diaryl/α,β-unsaturated/α-hetero) is 1. The van der Waals surface area contributed by atoms with E-state index in [0.717, 1.165) is 22.0 Å². The number of amides is 1. The van der Waals surface area contributed by atoms with Gasteiger partial charge in [0.25, 0.3) is 0 Å². The number of rotatable bonds is 10. The molecule has 4 rings (SSSR count). The number of nitrogens with zero attached hydrogens (tertiary/aromatic N) is 3. The zero-order chi connectivity index (χ0) is 30.6. The van der Waals surface area contributed by atoms with Gasteiger partial charge in [0.05, 0.1) is 26.6 Å². The summed E-state index contributed by atoms with van der Waals surface area (Å²) in [6, 6.07) is 16.0. The van der Waals surface area contributed by atoms with Crippen molar-refractivity contribution in [1.82, 2.24) is 14.5 Å². The monoisotopic (exact) mass is 731 g/mol. The van der Waals surface area contributed by atoms with Crippen LogP contribution in [0.15, 0.2) is 77.8 Å². The smallest absolute Gasteiger partial charge is 0.329 e. The maximum absolute atomic E-state index is 12.3. The number of imidazole rings is 1. The molecule has 0 aliphatic rings. The number of hydrogen-bond acceptors (Lipinski definition) is 4. The second-order valence-corrected chi connectivity index (χ2v) is 12.0. The molecule has 0 unspecified atom stereocenters. The van der Waals surface area contributed by atoms with Gasteiger partial charge in [0, 0.05) is 41.3 Å². The minimum Gasteiger partial charge on any atom is -0.489 e. The molecule has 1 aromatic heterocycles. The highest BCUT2D eigenvalue weighted by atomic mass is 79.9. The Kier molecular flexibility index (Phi) is 14.0. The number of ether oxygens (including phenoxy) is 1. The van der Waals surface area contributed by atoms with Crippen LogP contribution in [0, 0.1) is 0 Å². The van der Waals surface area contributed by atoms with Crippen molar-refractivity contribution in [2.45, 2.75) is 26.2 Å². The molecule has 42 heavy (non-hydrogen) atoms. The van der Waals surface area contributed by atoms with Crippen LogP contribution >= 0.6 is 73.9 Å². The molecule has 1 heterocycles. The van der Waals surface area contributed by atoms with Crippen molar-refractivity contribution in [3.63, 3.8) is 0 Å². The zero-order valence-electron chi connectivity index (χ0n) is 22.5. The number of benzene rings is 3. The van der Waals surface area contributed by atoms with E-state index in [0.29, 0.717) is 56.8 Å². The Morgan fingerprint density at radius 1 is 0.857 bits per heavy atom. The maximum atomic E-state index is 12.3. The quantitative estimate of drug-likeness (QED) is 0.163. The Labute approximate surface area is 278 Å². The fraction of sp³-hybridized carbons (Fsp3) is 0.233. The number of halogens is 6. The molecule has 0 saturated heterocycles. The summed E-state index contributed by atoms with van der Waals surface area (Å²) in [5.41, 5.74) is 1.89. The first-order valence-electron chi connectivity index (χ1n) is 12.8. The van der Waals surface area contributed by atoms with Gasteiger partial charge in [-0.25, -0.2) is 9.78 Å². The third-order valence-corrected chi connectivity index (χ3v) is 7.81. The van der Waals surface area contributed by atoms with Crippen LogP contribution in [0.3, 0.4) is 0 Å². The van der Waals surface area contributed by atoms with Gasteiger partial charge < -0.3 is 9.64 Å². The third kappa shape index (κ3) is 10.8. The van der Waals surface area contributed by atoms with Gasteiger partial charge in [-0.3, -0.25) is 9.36 Å². The number of carbonyl (C=O) groups excluding carboxylic acids is 2. The minimum absolute atomic E-state index is 0.152. The summed E-state index contributed by atoms with van der Waals surface area (Å²) in [5, 5.41) is 2.10. The Hall–Kier alpha value is -2.26. The lowest BCUT2D eigenvalue weighted by Crippen LogP contribution is -2.37. The molecular weight excluding hydrogens is 708 g/mol. The van der Waals surface area contributed by atoms with Crippen molar-refractivity contribution in [3.8, 4) is 5.75 Å². The highest BCUT2D eigenvalue weighted by molar-refractivity contribution is 9.10. The Bertz CT molecular complexity index is 1460. The lowest BCUT2D eigenvalue weighted by atomic mass is 10.0. The van der Waals surface area contributed by atoms with Crippen molar-refractivity contribution < 1.29 is 14.3 Å². The van der Waals surface area contributed by atoms with Crippen LogP contribution in [0.25, 0.3) is 0 Å². The third-order valence-electron chi connectivity index (χ3n) is 5.76. The summed E-state index contributed by atoms with van der Waals surface area (Å²) in [7, 11) is 0. The van der Waals surface area contributed by atoms with Crippen LogP contribution in [0.1, 0.15) is 24.5 Å². The fourth-order valence-corrected chi connectivity index (χ4v) is 5.31. The van der Waals surface area contributed by atoms with Gasteiger partial charge in [-0.1, -0.05) is 99.1 Å². The van der Waals surface area contributed by atoms with E-state index in [-0.39, 0.29) is 18.4 Å². The molecule has 0 aliphatic heterocycles. The average molecular weight is 735 g/mol. The number of aromatic nitrogens is 2. The minimum atomic E-state index is -0.152. The molecule has 0 aliphatic carbocycles. The van der Waals surface area contributed by atoms with Crippen molar-refractivity contribution in [2.24, 2.45) is 0 Å². The topological polar surface area (TPSA) is 64.4 Å². The van der Waals surface area contributed by atoms with Crippen LogP contribution < -0.4 is 4.74 Å². The fourth-order valence-electron chi connectivity index (χ4n) is 3.80. The largest absolute Gasteiger partial charge is 0.489 e. The highest BCUT2D eigenvalue weighted by Crippen LogP contribution is 2.35. The predicted octanol–water partition coefficient (Wildman–Crippen LogP) is 9.71. The molecule has 4 aromatic rings. The lowest BCUT2D eigenvalue weighted by molar-refractivity contribution is -0.117. The molecule has 0 fully saturated rings. The van der Waals surface area contributed by atoms with Gasteiger partial charge >= 0.3 is 6.03 Å². The van der Waals surface area contributed by atoms with Crippen molar-refractivity contribution in [1.29, 1.82) is 0 Å². The number of hydrogen-bond donors (Lipinski definition) is 0. The van der Waals surface area contributed by atoms with Gasteiger partial charge in [0.15, 0.2) is 5.75 Å². The molecule has 3 aromatic carbocycles. The van der Waals surface area contributed by atoms with E-state index < -0.39 is 0 Å². The Morgan fingerprint density at radius 3 is 2.10 bits per heavy atom. The summed E-state index contributed by atoms with van der Waals surface area (Å²) >= 11 is 33.1. The lowest BCUT2D eigenvalue weighted by Gasteiger charge is -2.22. The molecule has 6 nitrogen and oxygen atoms in total. The molecule has 1 amide bonds. The summed E-state index contributed by atoms with van der Waals surface area (Å²) in [6.07, 6.45) is 6.27. The van der Waals surface area contributed by atoms with Gasteiger partial charge in [0.2, 0.25) is 0 Å². The van der Waals surface area contributed by atoms with Crippen LogP contribution in [-0.2, 0) is 17.6 Å². The zero-order valence-corrected chi connectivity index (χ0v) is 27.9. The van der Waals surface area contributed by atoms with Crippen LogP contribution in [0.5, 0.6) is 5.75 Å². The standard InChI is InChI=1S/C15H11BrCl2O.C15H16Cl3N3O2/c16-12-4-1-10(2-5-12)7-13(19)8-11-3-6-14(17)15(18)9-11;1-2-4-20(15(22)21-5-3-19-10-21)6-7-23-14-12(17)8-11(16)9-13(14)18/h1-6,9H,7-8H2;3,5,8-10H,2,4,6-7H2,1H3. The van der Waals surface area contributed by atoms with Gasteiger partial charge in [-0.2, -0.15) is 0 Å². The van der Waals surface area contributed by atoms with Gasteiger partial charge in [-0.15, -0.1) is 0 Å². The molecule has 12 heteroatoms. The first-order chi connectivity index (χ1) is 20.1. The normalized spacial score (nSPS) is 10.5. The molecule has 0 bridgehead atoms. The predicted molar refractivity (Wildman–Crippen MR) is 175 cm³/mol. The molecule has 0 atom stereocenters. The summed E-state index contributed by atoms with van der Waals surface area (Å²) < 4.78 is 8.06. The molecular formula is C30H27BrCl5N3O3. The van der Waals surface area contributed by atoms with Crippen molar-refractivity contribution in [2.75, 3.05) is 19.7 Å². The van der Waals surface area contributed by atoms with E-state index in [1.807, 2.05) is 37.3 Å². The van der Waals surface area contributed by atoms with E-state index >= 15 is 0 Å². The molecule has 222 valence electrons. The second-order valence-electron chi connectivity index (χ2n) is 9.05. The van der Waals surface area contributed by atoms with Gasteiger partial charge in [-0.05, 0) is 53.9 Å². The summed E-state index contributed by atoms with van der Waals surface area (Å²) in [4.78, 5) is 29.9. The second kappa shape index (κ2) is 17.1. The van der Waals surface area contributed by atoms with E-state index in [4.69, 9.17) is 62.7 Å². The van der Waals surface area contributed by atoms with E-state index in [1.54, 1.807) is 41.6 Å². The van der Waals surface area contributed by atoms with Gasteiger partial charge in [0.1, 0.15) is 18.7 Å². The number of carbonyl (C=O) groups is 2. The highest BCUT2D eigenvalue weighted by Gasteiger charge is 2.16. The molecule has 0 saturated carbocycles. The SMILES string of the molecule is CCCN(CCOc1c(Cl)cc(Cl)cc1Cl)C(=O)n1ccnc1.O=C(Cc1ccc(Br)cc1)Cc1ccc(Cl)c(Cl)c1. The van der Waals surface area contributed by atoms with Crippen LogP contribution in [0.4, 0.5) is 4.79 Å². The van der Waals surface area contributed by atoms with Crippen molar-refractivity contribution in [3.05, 3.63) is 114 Å². The first kappa shape index (κ1) is 34.2. The summed E-state index contributed by atoms with van der Waals surface area (Å²) in [5.74, 6) is 0.518. The number of ketones is 1. The van der Waals surface area contributed by atoms with E-state index in [2.05, 4.69) is 20.9 Å². The average Bonchev–Trinajstić information content (AvgIpc) is 3.48. The Balaban J connectivity index is 0.000000235. The van der Waals surface area contributed by atoms with E-state index in [1.165, 1.54) is 10.9 Å². The molecule has 0 N–H and O–H groups in total. The summed E-state index contributed by atoms with van der Waals surface area (Å²) in [6.45, 7) is 3.28. The molecule has 0 radical (unpaired) electrons. The maximum Gasteiger partial charge on any atom is 0.329 e. The van der Waals surface area contributed by atoms with E-state index in [9.17, 15) is 9.59 Å². The first-order valence-corrected chi connectivity index (χ1v) is 15.5. The Morgan fingerprint density at radius 2 is 1.50 bits per heavy atom. The molecule has 0 spiro atoms. The van der Waals surface area contributed by atoms with Crippen LogP contribution in [0.2, 0.25) is 25.1 Å². The van der Waals surface area contributed by atoms with Crippen LogP contribution in [-0.4, -0.2) is 46.0 Å².